The zero-order valence-corrected chi connectivity index (χ0v) is 26.0. The third-order valence-electron chi connectivity index (χ3n) is 8.82. The van der Waals surface area contributed by atoms with E-state index >= 15 is 0 Å². The molecule has 234 valence electrons. The van der Waals surface area contributed by atoms with E-state index in [9.17, 15) is 21.6 Å². The lowest BCUT2D eigenvalue weighted by atomic mass is 9.84. The Morgan fingerprint density at radius 1 is 0.438 bits per heavy atom. The summed E-state index contributed by atoms with van der Waals surface area (Å²) in [5, 5.41) is 7.11. The van der Waals surface area contributed by atoms with Crippen LogP contribution in [0.5, 0.6) is 5.75 Å². The third-order valence-corrected chi connectivity index (χ3v) is 9.79. The summed E-state index contributed by atoms with van der Waals surface area (Å²) in [7, 11) is -5.86. The van der Waals surface area contributed by atoms with E-state index in [2.05, 4.69) is 70.9 Å². The van der Waals surface area contributed by atoms with Crippen LogP contribution in [0.25, 0.3) is 76.5 Å². The van der Waals surface area contributed by atoms with Crippen molar-refractivity contribution in [3.05, 3.63) is 152 Å². The van der Waals surface area contributed by atoms with E-state index in [0.717, 1.165) is 54.9 Å². The van der Waals surface area contributed by atoms with E-state index < -0.39 is 15.6 Å². The molecule has 0 unspecified atom stereocenters. The Hall–Kier alpha value is -5.66. The zero-order valence-electron chi connectivity index (χ0n) is 25.2. The first kappa shape index (κ1) is 29.7. The molecule has 0 saturated carbocycles. The summed E-state index contributed by atoms with van der Waals surface area (Å²) in [5.74, 6) is -0.386. The minimum absolute atomic E-state index is 0.254. The molecular formula is C41H25F3O3S. The average Bonchev–Trinajstić information content (AvgIpc) is 3.10. The highest BCUT2D eigenvalue weighted by atomic mass is 32.2. The predicted octanol–water partition coefficient (Wildman–Crippen LogP) is 11.5. The second-order valence-electron chi connectivity index (χ2n) is 11.6. The Kier molecular flexibility index (Phi) is 6.96. The van der Waals surface area contributed by atoms with Gasteiger partial charge >= 0.3 is 15.6 Å². The number of hydrogen-bond acceptors (Lipinski definition) is 3. The second-order valence-corrected chi connectivity index (χ2v) is 13.2. The smallest absolute Gasteiger partial charge is 0.375 e. The molecule has 0 fully saturated rings. The fourth-order valence-corrected chi connectivity index (χ4v) is 7.14. The maximum atomic E-state index is 13.2. The lowest BCUT2D eigenvalue weighted by molar-refractivity contribution is -0.0499. The molecule has 0 spiro atoms. The molecule has 0 aliphatic rings. The summed E-state index contributed by atoms with van der Waals surface area (Å²) >= 11 is 0. The summed E-state index contributed by atoms with van der Waals surface area (Å²) in [4.78, 5) is 0. The second kappa shape index (κ2) is 11.2. The average molecular weight is 655 g/mol. The van der Waals surface area contributed by atoms with Crippen LogP contribution >= 0.6 is 0 Å². The van der Waals surface area contributed by atoms with Gasteiger partial charge in [0.1, 0.15) is 0 Å². The topological polar surface area (TPSA) is 43.4 Å². The van der Waals surface area contributed by atoms with Crippen molar-refractivity contribution in [2.75, 3.05) is 0 Å². The van der Waals surface area contributed by atoms with Crippen LogP contribution in [0.15, 0.2) is 152 Å². The Morgan fingerprint density at radius 3 is 1.58 bits per heavy atom. The minimum atomic E-state index is -5.86. The van der Waals surface area contributed by atoms with Crippen LogP contribution in [0.3, 0.4) is 0 Å². The van der Waals surface area contributed by atoms with Crippen LogP contribution in [0.2, 0.25) is 0 Å². The third kappa shape index (κ3) is 4.95. The van der Waals surface area contributed by atoms with Crippen molar-refractivity contribution in [3.8, 4) is 39.1 Å². The molecule has 0 heterocycles. The van der Waals surface area contributed by atoms with E-state index in [1.165, 1.54) is 22.9 Å². The van der Waals surface area contributed by atoms with Crippen LogP contribution in [0, 0.1) is 0 Å². The maximum Gasteiger partial charge on any atom is 0.534 e. The molecule has 0 aliphatic heterocycles. The first-order chi connectivity index (χ1) is 23.2. The Morgan fingerprint density at radius 2 is 0.938 bits per heavy atom. The van der Waals surface area contributed by atoms with E-state index in [0.29, 0.717) is 5.39 Å². The summed E-state index contributed by atoms with van der Waals surface area (Å²) in [6.07, 6.45) is 0. The van der Waals surface area contributed by atoms with Gasteiger partial charge < -0.3 is 4.18 Å². The van der Waals surface area contributed by atoms with Gasteiger partial charge in [-0.15, -0.1) is 0 Å². The molecule has 0 amide bonds. The number of benzene rings is 8. The standard InChI is InChI=1S/C41H25F3O3S/c42-41(43,44)48(45,46)47-38-18-8-15-31-32(38)16-7-17-33(31)40-36-13-5-3-11-34(36)39(35-12-4-6-14-37(35)40)28-22-19-27(20-23-28)30-24-21-26-9-1-2-10-29(26)25-30/h1-25H. The summed E-state index contributed by atoms with van der Waals surface area (Å²) in [6, 6.07) is 49.1. The number of hydrogen-bond donors (Lipinski definition) is 0. The zero-order chi connectivity index (χ0) is 33.0. The van der Waals surface area contributed by atoms with E-state index in [1.54, 1.807) is 18.2 Å². The summed E-state index contributed by atoms with van der Waals surface area (Å²) in [5.41, 5.74) is 0.429. The fourth-order valence-electron chi connectivity index (χ4n) is 6.67. The first-order valence-electron chi connectivity index (χ1n) is 15.3. The molecule has 48 heavy (non-hydrogen) atoms. The SMILES string of the molecule is O=S(=O)(Oc1cccc2c(-c3c4ccccc4c(-c4ccc(-c5ccc6ccccc6c5)cc4)c4ccccc34)cccc12)C(F)(F)F. The molecule has 0 N–H and O–H groups in total. The normalized spacial score (nSPS) is 12.2. The van der Waals surface area contributed by atoms with Crippen molar-refractivity contribution >= 4 is 53.2 Å². The molecule has 0 atom stereocenters. The van der Waals surface area contributed by atoms with Crippen LogP contribution in [0.4, 0.5) is 13.2 Å². The molecule has 0 radical (unpaired) electrons. The Balaban J connectivity index is 1.32. The first-order valence-corrected chi connectivity index (χ1v) is 16.7. The maximum absolute atomic E-state index is 13.2. The highest BCUT2D eigenvalue weighted by Crippen LogP contribution is 2.46. The van der Waals surface area contributed by atoms with Crippen molar-refractivity contribution < 1.29 is 25.8 Å². The fraction of sp³-hybridized carbons (Fsp3) is 0.0244. The van der Waals surface area contributed by atoms with E-state index in [-0.39, 0.29) is 11.1 Å². The molecule has 7 heteroatoms. The van der Waals surface area contributed by atoms with Gasteiger partial charge in [-0.1, -0.05) is 140 Å². The number of halogens is 3. The molecule has 0 aromatic heterocycles. The molecule has 3 nitrogen and oxygen atoms in total. The molecule has 0 aliphatic carbocycles. The van der Waals surface area contributed by atoms with Crippen LogP contribution in [-0.2, 0) is 10.1 Å². The van der Waals surface area contributed by atoms with Gasteiger partial charge in [0.05, 0.1) is 0 Å². The van der Waals surface area contributed by atoms with Crippen molar-refractivity contribution in [2.24, 2.45) is 0 Å². The summed E-state index contributed by atoms with van der Waals surface area (Å²) in [6.45, 7) is 0. The van der Waals surface area contributed by atoms with Gasteiger partial charge in [0.25, 0.3) is 0 Å². The van der Waals surface area contributed by atoms with E-state index in [4.69, 9.17) is 0 Å². The van der Waals surface area contributed by atoms with Crippen molar-refractivity contribution in [1.82, 2.24) is 0 Å². The minimum Gasteiger partial charge on any atom is -0.375 e. The van der Waals surface area contributed by atoms with Crippen LogP contribution < -0.4 is 4.18 Å². The molecule has 8 aromatic carbocycles. The van der Waals surface area contributed by atoms with Crippen molar-refractivity contribution in [1.29, 1.82) is 0 Å². The number of rotatable bonds is 5. The number of fused-ring (bicyclic) bond motifs is 4. The Labute approximate surface area is 274 Å². The monoisotopic (exact) mass is 654 g/mol. The van der Waals surface area contributed by atoms with Gasteiger partial charge in [-0.2, -0.15) is 21.6 Å². The van der Waals surface area contributed by atoms with Crippen LogP contribution in [0.1, 0.15) is 0 Å². The highest BCUT2D eigenvalue weighted by Gasteiger charge is 2.48. The van der Waals surface area contributed by atoms with Gasteiger partial charge in [-0.05, 0) is 83.2 Å². The van der Waals surface area contributed by atoms with Gasteiger partial charge in [-0.3, -0.25) is 0 Å². The Bertz CT molecular complexity index is 2590. The van der Waals surface area contributed by atoms with Gasteiger partial charge in [0.15, 0.2) is 5.75 Å². The van der Waals surface area contributed by atoms with E-state index in [1.807, 2.05) is 54.6 Å². The van der Waals surface area contributed by atoms with Gasteiger partial charge in [0.2, 0.25) is 0 Å². The van der Waals surface area contributed by atoms with Crippen molar-refractivity contribution in [3.63, 3.8) is 0 Å². The molecule has 8 aromatic rings. The highest BCUT2D eigenvalue weighted by molar-refractivity contribution is 7.88. The molecule has 0 saturated heterocycles. The predicted molar refractivity (Wildman–Crippen MR) is 188 cm³/mol. The van der Waals surface area contributed by atoms with Crippen LogP contribution in [-0.4, -0.2) is 13.9 Å². The van der Waals surface area contributed by atoms with Gasteiger partial charge in [-0.25, -0.2) is 0 Å². The number of alkyl halides is 3. The molecular weight excluding hydrogens is 630 g/mol. The van der Waals surface area contributed by atoms with Crippen molar-refractivity contribution in [2.45, 2.75) is 5.51 Å². The lowest BCUT2D eigenvalue weighted by Crippen LogP contribution is -2.28. The summed E-state index contributed by atoms with van der Waals surface area (Å²) < 4.78 is 68.3. The molecule has 0 bridgehead atoms. The van der Waals surface area contributed by atoms with Gasteiger partial charge in [0, 0.05) is 5.39 Å². The largest absolute Gasteiger partial charge is 0.534 e. The molecule has 8 rings (SSSR count). The quantitative estimate of drug-likeness (QED) is 0.105. The lowest BCUT2D eigenvalue weighted by Gasteiger charge is -2.19.